The average Bonchev–Trinajstić information content (AvgIpc) is 3.24. The quantitative estimate of drug-likeness (QED) is 0.589. The van der Waals surface area contributed by atoms with Gasteiger partial charge in [-0.05, 0) is 48.6 Å². The molecule has 154 valence electrons. The van der Waals surface area contributed by atoms with Crippen molar-refractivity contribution < 1.29 is 9.47 Å². The summed E-state index contributed by atoms with van der Waals surface area (Å²) in [6.07, 6.45) is 2.94. The summed E-state index contributed by atoms with van der Waals surface area (Å²) in [5.74, 6) is 3.05. The number of aromatic nitrogens is 2. The fourth-order valence-electron chi connectivity index (χ4n) is 5.48. The van der Waals surface area contributed by atoms with Crippen LogP contribution in [-0.2, 0) is 6.61 Å². The Morgan fingerprint density at radius 1 is 0.900 bits per heavy atom. The van der Waals surface area contributed by atoms with Crippen LogP contribution in [0.15, 0.2) is 54.6 Å². The standard InChI is InChI=1S/C24H25N3O2S/c1-2-4-16(5-3-1)15-28-21-8-6-18(7-9-21)23-25-26-24(30-23)29-22-19-10-17-11-20(22)14-27(12-17)13-19/h1-9,17,19-20,22H,10-15H2/t17?,19-,20-,22?/m0/s1. The molecule has 7 rings (SSSR count). The minimum atomic E-state index is 0.312. The topological polar surface area (TPSA) is 47.5 Å². The Hall–Kier alpha value is -2.44. The Bertz CT molecular complexity index is 977. The molecule has 4 fully saturated rings. The van der Waals surface area contributed by atoms with Gasteiger partial charge < -0.3 is 14.4 Å². The van der Waals surface area contributed by atoms with Gasteiger partial charge in [0.1, 0.15) is 18.5 Å². The van der Waals surface area contributed by atoms with Crippen LogP contribution in [0.5, 0.6) is 10.9 Å². The molecule has 5 nitrogen and oxygen atoms in total. The van der Waals surface area contributed by atoms with E-state index < -0.39 is 0 Å². The van der Waals surface area contributed by atoms with Crippen molar-refractivity contribution in [1.29, 1.82) is 0 Å². The highest BCUT2D eigenvalue weighted by Crippen LogP contribution is 2.45. The normalized spacial score (nSPS) is 29.1. The predicted octanol–water partition coefficient (Wildman–Crippen LogP) is 4.50. The van der Waals surface area contributed by atoms with Gasteiger partial charge in [-0.15, -0.1) is 5.10 Å². The largest absolute Gasteiger partial charge is 0.489 e. The predicted molar refractivity (Wildman–Crippen MR) is 117 cm³/mol. The summed E-state index contributed by atoms with van der Waals surface area (Å²) >= 11 is 1.55. The summed E-state index contributed by atoms with van der Waals surface area (Å²) in [5, 5.41) is 10.3. The molecule has 2 aromatic carbocycles. The molecule has 4 bridgehead atoms. The van der Waals surface area contributed by atoms with Crippen molar-refractivity contribution in [2.45, 2.75) is 25.6 Å². The van der Waals surface area contributed by atoms with Crippen molar-refractivity contribution in [2.75, 3.05) is 19.6 Å². The summed E-state index contributed by atoms with van der Waals surface area (Å²) in [7, 11) is 0. The van der Waals surface area contributed by atoms with Crippen molar-refractivity contribution >= 4 is 11.3 Å². The monoisotopic (exact) mass is 419 g/mol. The first-order chi connectivity index (χ1) is 14.8. The lowest BCUT2D eigenvalue weighted by atomic mass is 9.66. The molecule has 2 atom stereocenters. The SMILES string of the molecule is c1ccc(COc2ccc(-c3nnc(OC4[C@H]5CC6C[C@H]4CN(C6)C5)s3)cc2)cc1. The highest BCUT2D eigenvalue weighted by atomic mass is 32.1. The summed E-state index contributed by atoms with van der Waals surface area (Å²) in [5.41, 5.74) is 2.21. The van der Waals surface area contributed by atoms with Crippen molar-refractivity contribution in [2.24, 2.45) is 17.8 Å². The van der Waals surface area contributed by atoms with Gasteiger partial charge in [0.15, 0.2) is 5.01 Å². The maximum absolute atomic E-state index is 6.40. The number of nitrogens with zero attached hydrogens (tertiary/aromatic N) is 3. The van der Waals surface area contributed by atoms with E-state index in [1.54, 1.807) is 11.3 Å². The van der Waals surface area contributed by atoms with Crippen LogP contribution < -0.4 is 9.47 Å². The summed E-state index contributed by atoms with van der Waals surface area (Å²) in [6.45, 7) is 4.24. The lowest BCUT2D eigenvalue weighted by molar-refractivity contribution is -0.0986. The lowest BCUT2D eigenvalue weighted by Crippen LogP contribution is -2.61. The van der Waals surface area contributed by atoms with E-state index in [2.05, 4.69) is 27.2 Å². The third-order valence-corrected chi connectivity index (χ3v) is 7.56. The molecule has 1 aromatic heterocycles. The van der Waals surface area contributed by atoms with E-state index >= 15 is 0 Å². The maximum atomic E-state index is 6.40. The first-order valence-corrected chi connectivity index (χ1v) is 11.6. The number of hydrogen-bond donors (Lipinski definition) is 0. The van der Waals surface area contributed by atoms with Gasteiger partial charge in [0.25, 0.3) is 5.19 Å². The van der Waals surface area contributed by atoms with E-state index in [1.807, 2.05) is 42.5 Å². The average molecular weight is 420 g/mol. The summed E-state index contributed by atoms with van der Waals surface area (Å²) in [4.78, 5) is 2.62. The molecule has 3 aliphatic heterocycles. The van der Waals surface area contributed by atoms with Crippen molar-refractivity contribution in [3.63, 3.8) is 0 Å². The summed E-state index contributed by atoms with van der Waals surface area (Å²) in [6, 6.07) is 18.3. The molecule has 1 aliphatic carbocycles. The lowest BCUT2D eigenvalue weighted by Gasteiger charge is -2.54. The maximum Gasteiger partial charge on any atom is 0.294 e. The Morgan fingerprint density at radius 2 is 1.67 bits per heavy atom. The number of piperidine rings is 3. The Balaban J connectivity index is 1.10. The molecule has 3 saturated heterocycles. The third-order valence-electron chi connectivity index (χ3n) is 6.70. The fraction of sp³-hybridized carbons (Fsp3) is 0.417. The van der Waals surface area contributed by atoms with Crippen LogP contribution in [0.25, 0.3) is 10.6 Å². The van der Waals surface area contributed by atoms with Crippen LogP contribution in [0, 0.1) is 17.8 Å². The van der Waals surface area contributed by atoms with Gasteiger partial charge in [-0.1, -0.05) is 46.8 Å². The molecular weight excluding hydrogens is 394 g/mol. The number of benzene rings is 2. The number of ether oxygens (including phenoxy) is 2. The minimum Gasteiger partial charge on any atom is -0.489 e. The van der Waals surface area contributed by atoms with E-state index in [1.165, 1.54) is 32.5 Å². The van der Waals surface area contributed by atoms with Crippen LogP contribution in [0.4, 0.5) is 0 Å². The van der Waals surface area contributed by atoms with E-state index in [0.29, 0.717) is 29.7 Å². The van der Waals surface area contributed by atoms with E-state index in [0.717, 1.165) is 27.8 Å². The Morgan fingerprint density at radius 3 is 2.40 bits per heavy atom. The smallest absolute Gasteiger partial charge is 0.294 e. The molecule has 1 saturated carbocycles. The van der Waals surface area contributed by atoms with Gasteiger partial charge in [0.05, 0.1) is 0 Å². The molecule has 3 aromatic rings. The molecule has 6 heteroatoms. The van der Waals surface area contributed by atoms with Gasteiger partial charge in [-0.3, -0.25) is 0 Å². The van der Waals surface area contributed by atoms with Crippen LogP contribution in [0.2, 0.25) is 0 Å². The van der Waals surface area contributed by atoms with E-state index in [-0.39, 0.29) is 0 Å². The fourth-order valence-corrected chi connectivity index (χ4v) is 6.22. The van der Waals surface area contributed by atoms with Gasteiger partial charge in [0.2, 0.25) is 0 Å². The second-order valence-corrected chi connectivity index (χ2v) is 9.77. The molecule has 4 aliphatic rings. The van der Waals surface area contributed by atoms with Crippen molar-refractivity contribution in [3.05, 3.63) is 60.2 Å². The zero-order valence-corrected chi connectivity index (χ0v) is 17.6. The van der Waals surface area contributed by atoms with Crippen LogP contribution in [0.1, 0.15) is 18.4 Å². The Kier molecular flexibility index (Phi) is 4.69. The highest BCUT2D eigenvalue weighted by molar-refractivity contribution is 7.16. The second-order valence-electron chi connectivity index (χ2n) is 8.83. The van der Waals surface area contributed by atoms with Crippen LogP contribution >= 0.6 is 11.3 Å². The minimum absolute atomic E-state index is 0.312. The van der Waals surface area contributed by atoms with Crippen LogP contribution in [0.3, 0.4) is 0 Å². The summed E-state index contributed by atoms with van der Waals surface area (Å²) < 4.78 is 12.3. The van der Waals surface area contributed by atoms with Gasteiger partial charge in [-0.2, -0.15) is 0 Å². The molecular formula is C24H25N3O2S. The molecule has 0 unspecified atom stereocenters. The third kappa shape index (κ3) is 3.59. The number of rotatable bonds is 6. The molecule has 4 heterocycles. The van der Waals surface area contributed by atoms with Crippen molar-refractivity contribution in [3.8, 4) is 21.5 Å². The van der Waals surface area contributed by atoms with E-state index in [4.69, 9.17) is 9.47 Å². The van der Waals surface area contributed by atoms with Gasteiger partial charge in [-0.25, -0.2) is 0 Å². The zero-order valence-electron chi connectivity index (χ0n) is 16.8. The highest BCUT2D eigenvalue weighted by Gasteiger charge is 2.49. The second kappa shape index (κ2) is 7.67. The molecule has 0 N–H and O–H groups in total. The van der Waals surface area contributed by atoms with Gasteiger partial charge in [0, 0.05) is 37.0 Å². The molecule has 30 heavy (non-hydrogen) atoms. The van der Waals surface area contributed by atoms with Gasteiger partial charge >= 0.3 is 0 Å². The Labute approximate surface area is 180 Å². The molecule has 0 spiro atoms. The first kappa shape index (κ1) is 18.3. The van der Waals surface area contributed by atoms with Crippen LogP contribution in [-0.4, -0.2) is 40.8 Å². The number of hydrogen-bond acceptors (Lipinski definition) is 6. The molecule has 0 amide bonds. The van der Waals surface area contributed by atoms with Crippen molar-refractivity contribution in [1.82, 2.24) is 15.1 Å². The van der Waals surface area contributed by atoms with E-state index in [9.17, 15) is 0 Å². The zero-order chi connectivity index (χ0) is 19.9. The molecule has 0 radical (unpaired) electrons. The first-order valence-electron chi connectivity index (χ1n) is 10.8.